The first-order valence-corrected chi connectivity index (χ1v) is 11.8. The van der Waals surface area contributed by atoms with E-state index in [2.05, 4.69) is 22.5 Å². The Bertz CT molecular complexity index is 935. The fraction of sp³-hybridized carbons (Fsp3) is 0.538. The molecule has 35 heavy (non-hydrogen) atoms. The van der Waals surface area contributed by atoms with E-state index in [-0.39, 0.29) is 25.5 Å². The number of esters is 1. The molecule has 0 fully saturated rings. The van der Waals surface area contributed by atoms with E-state index in [9.17, 15) is 14.4 Å². The summed E-state index contributed by atoms with van der Waals surface area (Å²) >= 11 is 0. The minimum atomic E-state index is -0.916. The van der Waals surface area contributed by atoms with E-state index in [0.717, 1.165) is 24.0 Å². The number of nitrogens with one attached hydrogen (secondary N) is 1. The number of carbonyl (C=O) groups excluding carboxylic acids is 3. The monoisotopic (exact) mass is 487 g/mol. The van der Waals surface area contributed by atoms with Crippen LogP contribution in [0, 0.1) is 6.92 Å². The first-order chi connectivity index (χ1) is 16.6. The van der Waals surface area contributed by atoms with E-state index in [4.69, 9.17) is 14.2 Å². The topological polar surface area (TPSA) is 107 Å². The normalized spacial score (nSPS) is 14.0. The average molecular weight is 488 g/mol. The molecule has 1 aromatic rings. The second kappa shape index (κ2) is 13.6. The number of hydrogen-bond donors (Lipinski definition) is 1. The van der Waals surface area contributed by atoms with Crippen LogP contribution >= 0.6 is 0 Å². The molecule has 1 aliphatic carbocycles. The van der Waals surface area contributed by atoms with Crippen LogP contribution in [0.1, 0.15) is 52.0 Å². The molecule has 0 saturated heterocycles. The molecule has 0 bridgehead atoms. The maximum atomic E-state index is 12.8. The fourth-order valence-corrected chi connectivity index (χ4v) is 3.33. The third kappa shape index (κ3) is 10.3. The molecule has 9 nitrogen and oxygen atoms in total. The second-order valence-corrected chi connectivity index (χ2v) is 9.34. The van der Waals surface area contributed by atoms with Crippen LogP contribution in [0.2, 0.25) is 0 Å². The Morgan fingerprint density at radius 1 is 1.23 bits per heavy atom. The number of allylic oxidation sites excluding steroid dienone is 2. The number of nitrogens with zero attached hydrogens (tertiary/aromatic N) is 2. The highest BCUT2D eigenvalue weighted by atomic mass is 16.6. The van der Waals surface area contributed by atoms with Gasteiger partial charge in [-0.3, -0.25) is 9.69 Å². The summed E-state index contributed by atoms with van der Waals surface area (Å²) in [7, 11) is 1.27. The summed E-state index contributed by atoms with van der Waals surface area (Å²) < 4.78 is 16.0. The van der Waals surface area contributed by atoms with Gasteiger partial charge in [-0.05, 0) is 70.2 Å². The van der Waals surface area contributed by atoms with Crippen molar-refractivity contribution in [1.82, 2.24) is 10.3 Å². The van der Waals surface area contributed by atoms with Gasteiger partial charge >= 0.3 is 12.1 Å². The van der Waals surface area contributed by atoms with E-state index in [1.165, 1.54) is 12.0 Å². The van der Waals surface area contributed by atoms with Gasteiger partial charge < -0.3 is 19.5 Å². The summed E-state index contributed by atoms with van der Waals surface area (Å²) in [5.74, 6) is -0.473. The molecule has 0 aromatic carbocycles. The fourth-order valence-electron chi connectivity index (χ4n) is 3.33. The Labute approximate surface area is 207 Å². The number of anilines is 1. The zero-order chi connectivity index (χ0) is 25.8. The lowest BCUT2D eigenvalue weighted by Gasteiger charge is -2.27. The molecule has 0 aliphatic heterocycles. The van der Waals surface area contributed by atoms with Crippen LogP contribution < -0.4 is 10.2 Å². The number of hydrogen-bond acceptors (Lipinski definition) is 7. The van der Waals surface area contributed by atoms with E-state index < -0.39 is 23.7 Å². The molecule has 1 atom stereocenters. The predicted molar refractivity (Wildman–Crippen MR) is 133 cm³/mol. The summed E-state index contributed by atoms with van der Waals surface area (Å²) in [4.78, 5) is 43.2. The molecule has 1 N–H and O–H groups in total. The SMILES string of the molecule is COC(=O)C(COCC1=CCCC=C1)NC(=O)CCCN(C(=O)OC(C)(C)C)c1cc(C)ccn1. The molecule has 0 saturated carbocycles. The van der Waals surface area contributed by atoms with Gasteiger partial charge in [0.1, 0.15) is 11.4 Å². The van der Waals surface area contributed by atoms with Crippen molar-refractivity contribution in [3.63, 3.8) is 0 Å². The molecular formula is C26H37N3O6. The Balaban J connectivity index is 1.92. The van der Waals surface area contributed by atoms with E-state index in [0.29, 0.717) is 18.8 Å². The minimum absolute atomic E-state index is 0.000832. The quantitative estimate of drug-likeness (QED) is 0.472. The first kappa shape index (κ1) is 28.0. The Morgan fingerprint density at radius 2 is 2.00 bits per heavy atom. The van der Waals surface area contributed by atoms with Gasteiger partial charge in [-0.1, -0.05) is 18.2 Å². The van der Waals surface area contributed by atoms with Crippen LogP contribution in [0.25, 0.3) is 0 Å². The van der Waals surface area contributed by atoms with Gasteiger partial charge in [0.15, 0.2) is 6.04 Å². The van der Waals surface area contributed by atoms with Gasteiger partial charge in [0, 0.05) is 19.2 Å². The molecule has 1 aromatic heterocycles. The molecule has 192 valence electrons. The van der Waals surface area contributed by atoms with Crippen LogP contribution in [-0.2, 0) is 23.8 Å². The molecule has 1 heterocycles. The molecular weight excluding hydrogens is 450 g/mol. The summed E-state index contributed by atoms with van der Waals surface area (Å²) in [6.07, 6.45) is 9.64. The largest absolute Gasteiger partial charge is 0.467 e. The molecule has 0 radical (unpaired) electrons. The van der Waals surface area contributed by atoms with Crippen molar-refractivity contribution in [2.24, 2.45) is 0 Å². The van der Waals surface area contributed by atoms with Crippen molar-refractivity contribution in [2.75, 3.05) is 31.8 Å². The lowest BCUT2D eigenvalue weighted by molar-refractivity contribution is -0.146. The van der Waals surface area contributed by atoms with Crippen molar-refractivity contribution < 1.29 is 28.6 Å². The van der Waals surface area contributed by atoms with E-state index in [1.54, 1.807) is 33.0 Å². The Kier molecular flexibility index (Phi) is 10.9. The first-order valence-electron chi connectivity index (χ1n) is 11.8. The smallest absolute Gasteiger partial charge is 0.416 e. The Morgan fingerprint density at radius 3 is 2.63 bits per heavy atom. The van der Waals surface area contributed by atoms with Gasteiger partial charge in [-0.25, -0.2) is 14.6 Å². The van der Waals surface area contributed by atoms with Crippen molar-refractivity contribution in [2.45, 2.75) is 65.0 Å². The summed E-state index contributed by atoms with van der Waals surface area (Å²) in [6.45, 7) is 7.85. The molecule has 9 heteroatoms. The van der Waals surface area contributed by atoms with Crippen LogP contribution in [0.4, 0.5) is 10.6 Å². The van der Waals surface area contributed by atoms with Gasteiger partial charge in [-0.2, -0.15) is 0 Å². The van der Waals surface area contributed by atoms with Gasteiger partial charge in [-0.15, -0.1) is 0 Å². The van der Waals surface area contributed by atoms with Gasteiger partial charge in [0.25, 0.3) is 0 Å². The maximum absolute atomic E-state index is 12.8. The number of carbonyl (C=O) groups is 3. The van der Waals surface area contributed by atoms with Crippen molar-refractivity contribution in [3.05, 3.63) is 47.7 Å². The van der Waals surface area contributed by atoms with Crippen LogP contribution in [0.15, 0.2) is 42.1 Å². The van der Waals surface area contributed by atoms with Gasteiger partial charge in [0.2, 0.25) is 5.91 Å². The van der Waals surface area contributed by atoms with Gasteiger partial charge in [0.05, 0.1) is 20.3 Å². The third-order valence-corrected chi connectivity index (χ3v) is 5.02. The summed E-state index contributed by atoms with van der Waals surface area (Å²) in [5.41, 5.74) is 1.31. The number of rotatable bonds is 11. The Hall–Kier alpha value is -3.20. The summed E-state index contributed by atoms with van der Waals surface area (Å²) in [6, 6.07) is 2.70. The number of aryl methyl sites for hydroxylation is 1. The van der Waals surface area contributed by atoms with Crippen molar-refractivity contribution >= 4 is 23.8 Å². The highest BCUT2D eigenvalue weighted by molar-refractivity contribution is 5.87. The zero-order valence-corrected chi connectivity index (χ0v) is 21.3. The number of aromatic nitrogens is 1. The second-order valence-electron chi connectivity index (χ2n) is 9.34. The predicted octanol–water partition coefficient (Wildman–Crippen LogP) is 3.86. The number of amides is 2. The van der Waals surface area contributed by atoms with Crippen molar-refractivity contribution in [1.29, 1.82) is 0 Å². The van der Waals surface area contributed by atoms with E-state index >= 15 is 0 Å². The molecule has 1 aliphatic rings. The third-order valence-electron chi connectivity index (χ3n) is 5.02. The lowest BCUT2D eigenvalue weighted by atomic mass is 10.1. The molecule has 2 amide bonds. The minimum Gasteiger partial charge on any atom is -0.467 e. The molecule has 0 spiro atoms. The average Bonchev–Trinajstić information content (AvgIpc) is 2.80. The molecule has 2 rings (SSSR count). The summed E-state index contributed by atoms with van der Waals surface area (Å²) in [5, 5.41) is 2.67. The van der Waals surface area contributed by atoms with Crippen LogP contribution in [0.5, 0.6) is 0 Å². The van der Waals surface area contributed by atoms with Crippen molar-refractivity contribution in [3.8, 4) is 0 Å². The highest BCUT2D eigenvalue weighted by Crippen LogP contribution is 2.18. The lowest BCUT2D eigenvalue weighted by Crippen LogP contribution is -2.45. The highest BCUT2D eigenvalue weighted by Gasteiger charge is 2.25. The maximum Gasteiger partial charge on any atom is 0.416 e. The number of methoxy groups -OCH3 is 1. The van der Waals surface area contributed by atoms with E-state index in [1.807, 2.05) is 19.1 Å². The van der Waals surface area contributed by atoms with Crippen LogP contribution in [-0.4, -0.2) is 61.5 Å². The standard InChI is InChI=1S/C26H37N3O6/c1-19-13-14-27-22(16-19)29(25(32)35-26(2,3)4)15-9-12-23(30)28-21(24(31)33-5)18-34-17-20-10-7-6-8-11-20/h7,10-11,13-14,16,21H,6,8-9,12,15,17-18H2,1-5H3,(H,28,30). The molecule has 1 unspecified atom stereocenters. The number of ether oxygens (including phenoxy) is 3. The zero-order valence-electron chi connectivity index (χ0n) is 21.3. The van der Waals surface area contributed by atoms with Crippen LogP contribution in [0.3, 0.4) is 0 Å². The number of pyridine rings is 1.